The Hall–Kier alpha value is -1.36. The van der Waals surface area contributed by atoms with Gasteiger partial charge in [0.25, 0.3) is 0 Å². The van der Waals surface area contributed by atoms with E-state index in [9.17, 15) is 9.90 Å². The van der Waals surface area contributed by atoms with Gasteiger partial charge in [-0.15, -0.1) is 0 Å². The van der Waals surface area contributed by atoms with Gasteiger partial charge in [0.2, 0.25) is 5.91 Å². The summed E-state index contributed by atoms with van der Waals surface area (Å²) in [4.78, 5) is 14.5. The van der Waals surface area contributed by atoms with E-state index in [0.717, 1.165) is 63.7 Å². The fraction of sp³-hybridized carbons (Fsp3) is 0.778. The zero-order chi connectivity index (χ0) is 15.9. The summed E-state index contributed by atoms with van der Waals surface area (Å²) in [6.07, 6.45) is 9.89. The molecule has 2 N–H and O–H groups in total. The van der Waals surface area contributed by atoms with Gasteiger partial charge in [-0.2, -0.15) is 5.10 Å². The summed E-state index contributed by atoms with van der Waals surface area (Å²) in [6, 6.07) is 0. The summed E-state index contributed by atoms with van der Waals surface area (Å²) >= 11 is 0. The van der Waals surface area contributed by atoms with Crippen LogP contribution in [0.4, 0.5) is 0 Å². The fourth-order valence-corrected chi connectivity index (χ4v) is 4.32. The van der Waals surface area contributed by atoms with Crippen LogP contribution in [0.1, 0.15) is 61.9 Å². The van der Waals surface area contributed by atoms with E-state index in [2.05, 4.69) is 10.2 Å². The Balaban J connectivity index is 1.34. The number of aromatic nitrogens is 2. The molecule has 1 saturated carbocycles. The molecule has 5 nitrogen and oxygen atoms in total. The third-order valence-electron chi connectivity index (χ3n) is 6.01. The molecule has 1 aromatic rings. The number of H-pyrrole nitrogens is 1. The molecule has 23 heavy (non-hydrogen) atoms. The highest BCUT2D eigenvalue weighted by atomic mass is 16.3. The van der Waals surface area contributed by atoms with Crippen molar-refractivity contribution in [2.75, 3.05) is 13.1 Å². The van der Waals surface area contributed by atoms with Crippen molar-refractivity contribution in [2.24, 2.45) is 5.92 Å². The quantitative estimate of drug-likeness (QED) is 0.892. The molecule has 0 spiro atoms. The van der Waals surface area contributed by atoms with Gasteiger partial charge in [-0.05, 0) is 56.9 Å². The molecule has 1 saturated heterocycles. The van der Waals surface area contributed by atoms with E-state index in [0.29, 0.717) is 12.3 Å². The predicted octanol–water partition coefficient (Wildman–Crippen LogP) is 1.98. The molecule has 1 aromatic heterocycles. The molecule has 2 fully saturated rings. The average molecular weight is 317 g/mol. The molecule has 1 aliphatic heterocycles. The minimum Gasteiger partial charge on any atom is -0.390 e. The van der Waals surface area contributed by atoms with Crippen molar-refractivity contribution in [3.63, 3.8) is 0 Å². The summed E-state index contributed by atoms with van der Waals surface area (Å²) < 4.78 is 0. The van der Waals surface area contributed by atoms with Crippen LogP contribution in [0.25, 0.3) is 0 Å². The van der Waals surface area contributed by atoms with Gasteiger partial charge >= 0.3 is 0 Å². The van der Waals surface area contributed by atoms with E-state index < -0.39 is 5.60 Å². The molecule has 3 aliphatic rings. The summed E-state index contributed by atoms with van der Waals surface area (Å²) in [5, 5.41) is 17.9. The van der Waals surface area contributed by atoms with E-state index in [4.69, 9.17) is 0 Å². The normalized spacial score (nSPS) is 26.0. The van der Waals surface area contributed by atoms with Crippen LogP contribution in [-0.4, -0.2) is 44.8 Å². The molecule has 5 heteroatoms. The monoisotopic (exact) mass is 317 g/mol. The molecule has 0 radical (unpaired) electrons. The van der Waals surface area contributed by atoms with Gasteiger partial charge in [0.15, 0.2) is 0 Å². The number of carbonyl (C=O) groups is 1. The molecule has 4 rings (SSSR count). The molecule has 126 valence electrons. The van der Waals surface area contributed by atoms with E-state index in [1.54, 1.807) is 0 Å². The largest absolute Gasteiger partial charge is 0.390 e. The Morgan fingerprint density at radius 2 is 2.13 bits per heavy atom. The van der Waals surface area contributed by atoms with Gasteiger partial charge < -0.3 is 10.0 Å². The lowest BCUT2D eigenvalue weighted by atomic mass is 9.90. The minimum atomic E-state index is -0.458. The third-order valence-corrected chi connectivity index (χ3v) is 6.01. The SMILES string of the molecule is O=C(CCc1n[nH]c2c1CCCC2)N1CCCC(C2(O)CC2)C1. The van der Waals surface area contributed by atoms with Crippen molar-refractivity contribution in [3.8, 4) is 0 Å². The van der Waals surface area contributed by atoms with Gasteiger partial charge in [-0.1, -0.05) is 0 Å². The van der Waals surface area contributed by atoms with Crippen LogP contribution in [0.15, 0.2) is 0 Å². The number of fused-ring (bicyclic) bond motifs is 1. The van der Waals surface area contributed by atoms with Crippen LogP contribution in [0, 0.1) is 5.92 Å². The zero-order valence-electron chi connectivity index (χ0n) is 13.8. The van der Waals surface area contributed by atoms with E-state index in [-0.39, 0.29) is 5.91 Å². The molecule has 0 bridgehead atoms. The standard InChI is InChI=1S/C18H27N3O2/c22-17(21-11-3-4-13(12-21)18(23)9-10-18)8-7-16-14-5-1-2-6-15(14)19-20-16/h13,23H,1-12H2,(H,19,20). The number of amides is 1. The van der Waals surface area contributed by atoms with Crippen LogP contribution < -0.4 is 0 Å². The zero-order valence-corrected chi connectivity index (χ0v) is 13.8. The molecule has 1 amide bonds. The highest BCUT2D eigenvalue weighted by Gasteiger charge is 2.48. The number of piperidine rings is 1. The first-order valence-corrected chi connectivity index (χ1v) is 9.21. The van der Waals surface area contributed by atoms with Crippen LogP contribution >= 0.6 is 0 Å². The van der Waals surface area contributed by atoms with E-state index in [1.165, 1.54) is 24.1 Å². The summed E-state index contributed by atoms with van der Waals surface area (Å²) in [6.45, 7) is 1.60. The molecule has 2 aliphatic carbocycles. The molecular formula is C18H27N3O2. The lowest BCUT2D eigenvalue weighted by Crippen LogP contribution is -2.44. The Morgan fingerprint density at radius 1 is 1.30 bits per heavy atom. The van der Waals surface area contributed by atoms with Gasteiger partial charge in [-0.25, -0.2) is 0 Å². The highest BCUT2D eigenvalue weighted by Crippen LogP contribution is 2.45. The number of aromatic amines is 1. The Bertz CT molecular complexity index is 591. The molecule has 1 atom stereocenters. The first kappa shape index (κ1) is 15.2. The highest BCUT2D eigenvalue weighted by molar-refractivity contribution is 5.76. The average Bonchev–Trinajstić information content (AvgIpc) is 3.21. The number of rotatable bonds is 4. The number of hydrogen-bond donors (Lipinski definition) is 2. The molecule has 1 unspecified atom stereocenters. The fourth-order valence-electron chi connectivity index (χ4n) is 4.32. The Kier molecular flexibility index (Phi) is 3.92. The first-order chi connectivity index (χ1) is 11.2. The van der Waals surface area contributed by atoms with Crippen molar-refractivity contribution in [1.29, 1.82) is 0 Å². The van der Waals surface area contributed by atoms with Crippen molar-refractivity contribution in [1.82, 2.24) is 15.1 Å². The molecular weight excluding hydrogens is 290 g/mol. The maximum absolute atomic E-state index is 12.6. The Labute approximate surface area is 137 Å². The first-order valence-electron chi connectivity index (χ1n) is 9.21. The molecule has 2 heterocycles. The number of nitrogens with zero attached hydrogens (tertiary/aromatic N) is 2. The van der Waals surface area contributed by atoms with Crippen molar-refractivity contribution >= 4 is 5.91 Å². The van der Waals surface area contributed by atoms with Gasteiger partial charge in [0, 0.05) is 37.5 Å². The maximum Gasteiger partial charge on any atom is 0.222 e. The number of aryl methyl sites for hydroxylation is 2. The minimum absolute atomic E-state index is 0.228. The number of aliphatic hydroxyl groups is 1. The summed E-state index contributed by atoms with van der Waals surface area (Å²) in [5.74, 6) is 0.518. The van der Waals surface area contributed by atoms with Gasteiger partial charge in [0.1, 0.15) is 0 Å². The van der Waals surface area contributed by atoms with Crippen LogP contribution in [0.2, 0.25) is 0 Å². The van der Waals surface area contributed by atoms with E-state index >= 15 is 0 Å². The maximum atomic E-state index is 12.6. The lowest BCUT2D eigenvalue weighted by molar-refractivity contribution is -0.134. The molecule has 0 aromatic carbocycles. The number of likely N-dealkylation sites (tertiary alicyclic amines) is 1. The van der Waals surface area contributed by atoms with Crippen molar-refractivity contribution in [2.45, 2.75) is 69.8 Å². The third kappa shape index (κ3) is 3.03. The number of hydrogen-bond acceptors (Lipinski definition) is 3. The lowest BCUT2D eigenvalue weighted by Gasteiger charge is -2.35. The van der Waals surface area contributed by atoms with Crippen LogP contribution in [-0.2, 0) is 24.1 Å². The number of carbonyl (C=O) groups excluding carboxylic acids is 1. The topological polar surface area (TPSA) is 69.2 Å². The second kappa shape index (κ2) is 5.93. The predicted molar refractivity (Wildman–Crippen MR) is 87.0 cm³/mol. The van der Waals surface area contributed by atoms with Gasteiger partial charge in [-0.3, -0.25) is 9.89 Å². The van der Waals surface area contributed by atoms with Crippen molar-refractivity contribution in [3.05, 3.63) is 17.0 Å². The van der Waals surface area contributed by atoms with Gasteiger partial charge in [0.05, 0.1) is 11.3 Å². The summed E-state index contributed by atoms with van der Waals surface area (Å²) in [7, 11) is 0. The second-order valence-corrected chi connectivity index (χ2v) is 7.62. The van der Waals surface area contributed by atoms with E-state index in [1.807, 2.05) is 4.90 Å². The summed E-state index contributed by atoms with van der Waals surface area (Å²) in [5.41, 5.74) is 3.29. The Morgan fingerprint density at radius 3 is 2.96 bits per heavy atom. The second-order valence-electron chi connectivity index (χ2n) is 7.62. The number of nitrogens with one attached hydrogen (secondary N) is 1. The van der Waals surface area contributed by atoms with Crippen molar-refractivity contribution < 1.29 is 9.90 Å². The smallest absolute Gasteiger partial charge is 0.222 e. The van der Waals surface area contributed by atoms with Crippen LogP contribution in [0.3, 0.4) is 0 Å². The van der Waals surface area contributed by atoms with Crippen LogP contribution in [0.5, 0.6) is 0 Å².